The summed E-state index contributed by atoms with van der Waals surface area (Å²) in [6.07, 6.45) is 2.91. The Balaban J connectivity index is 2.20. The molecule has 1 unspecified atom stereocenters. The van der Waals surface area contributed by atoms with Crippen molar-refractivity contribution in [2.45, 2.75) is 32.2 Å². The van der Waals surface area contributed by atoms with Gasteiger partial charge in [-0.15, -0.1) is 0 Å². The first-order chi connectivity index (χ1) is 9.55. The number of benzene rings is 1. The van der Waals surface area contributed by atoms with E-state index in [1.807, 2.05) is 43.1 Å². The minimum absolute atomic E-state index is 0.0253. The van der Waals surface area contributed by atoms with Crippen molar-refractivity contribution in [1.82, 2.24) is 4.90 Å². The van der Waals surface area contributed by atoms with Gasteiger partial charge in [0, 0.05) is 19.2 Å². The van der Waals surface area contributed by atoms with Crippen LogP contribution in [0.1, 0.15) is 37.8 Å². The minimum atomic E-state index is -0.328. The van der Waals surface area contributed by atoms with Gasteiger partial charge in [0.15, 0.2) is 0 Å². The van der Waals surface area contributed by atoms with Crippen LogP contribution in [0.4, 0.5) is 0 Å². The molecule has 0 aromatic heterocycles. The van der Waals surface area contributed by atoms with Crippen LogP contribution in [0.3, 0.4) is 0 Å². The van der Waals surface area contributed by atoms with Gasteiger partial charge in [-0.2, -0.15) is 0 Å². The normalized spacial score (nSPS) is 18.0. The summed E-state index contributed by atoms with van der Waals surface area (Å²) in [6.45, 7) is 2.47. The molecule has 1 aliphatic carbocycles. The summed E-state index contributed by atoms with van der Waals surface area (Å²) in [6, 6.07) is 7.80. The maximum Gasteiger partial charge on any atom is 0.230 e. The molecule has 1 amide bonds. The van der Waals surface area contributed by atoms with Gasteiger partial charge in [0.1, 0.15) is 5.75 Å². The van der Waals surface area contributed by atoms with Crippen molar-refractivity contribution < 1.29 is 9.53 Å². The SMILES string of the molecule is COc1ccccc1C(C)N(C)C(=O)C1(CN)CCC1. The largest absolute Gasteiger partial charge is 0.496 e. The lowest BCUT2D eigenvalue weighted by atomic mass is 9.67. The molecule has 0 aliphatic heterocycles. The number of para-hydroxylation sites is 1. The van der Waals surface area contributed by atoms with Gasteiger partial charge >= 0.3 is 0 Å². The van der Waals surface area contributed by atoms with E-state index in [9.17, 15) is 4.79 Å². The Kier molecular flexibility index (Phi) is 4.33. The first kappa shape index (κ1) is 14.9. The highest BCUT2D eigenvalue weighted by atomic mass is 16.5. The van der Waals surface area contributed by atoms with Gasteiger partial charge in [0.05, 0.1) is 18.6 Å². The summed E-state index contributed by atoms with van der Waals surface area (Å²) in [7, 11) is 3.51. The first-order valence-corrected chi connectivity index (χ1v) is 7.16. The van der Waals surface area contributed by atoms with Crippen LogP contribution in [-0.2, 0) is 4.79 Å². The van der Waals surface area contributed by atoms with Crippen molar-refractivity contribution in [1.29, 1.82) is 0 Å². The number of methoxy groups -OCH3 is 1. The second-order valence-corrected chi connectivity index (χ2v) is 5.67. The molecular weight excluding hydrogens is 252 g/mol. The molecule has 4 nitrogen and oxygen atoms in total. The monoisotopic (exact) mass is 276 g/mol. The standard InChI is InChI=1S/C16H24N2O2/c1-12(13-7-4-5-8-14(13)20-3)18(2)15(19)16(11-17)9-6-10-16/h4-5,7-8,12H,6,9-11,17H2,1-3H3. The van der Waals surface area contributed by atoms with Crippen LogP contribution in [0.15, 0.2) is 24.3 Å². The molecule has 110 valence electrons. The third kappa shape index (κ3) is 2.40. The summed E-state index contributed by atoms with van der Waals surface area (Å²) in [4.78, 5) is 14.5. The Hall–Kier alpha value is -1.55. The van der Waals surface area contributed by atoms with Crippen LogP contribution in [-0.4, -0.2) is 31.5 Å². The molecule has 1 aromatic carbocycles. The van der Waals surface area contributed by atoms with Gasteiger partial charge in [-0.25, -0.2) is 0 Å². The first-order valence-electron chi connectivity index (χ1n) is 7.16. The Morgan fingerprint density at radius 1 is 1.45 bits per heavy atom. The second kappa shape index (κ2) is 5.83. The predicted molar refractivity (Wildman–Crippen MR) is 79.5 cm³/mol. The van der Waals surface area contributed by atoms with E-state index in [-0.39, 0.29) is 17.4 Å². The predicted octanol–water partition coefficient (Wildman–Crippen LogP) is 2.34. The minimum Gasteiger partial charge on any atom is -0.496 e. The number of nitrogens with zero attached hydrogens (tertiary/aromatic N) is 1. The molecule has 1 saturated carbocycles. The van der Waals surface area contributed by atoms with Crippen LogP contribution in [0.25, 0.3) is 0 Å². The van der Waals surface area contributed by atoms with Crippen molar-refractivity contribution in [2.24, 2.45) is 11.1 Å². The molecule has 0 radical (unpaired) electrons. The zero-order valence-electron chi connectivity index (χ0n) is 12.6. The van der Waals surface area contributed by atoms with E-state index in [1.165, 1.54) is 0 Å². The van der Waals surface area contributed by atoms with E-state index < -0.39 is 0 Å². The lowest BCUT2D eigenvalue weighted by Crippen LogP contribution is -2.51. The van der Waals surface area contributed by atoms with Crippen LogP contribution in [0, 0.1) is 5.41 Å². The number of carbonyl (C=O) groups is 1. The molecule has 0 spiro atoms. The fourth-order valence-corrected chi connectivity index (χ4v) is 2.88. The van der Waals surface area contributed by atoms with Crippen LogP contribution in [0.2, 0.25) is 0 Å². The maximum atomic E-state index is 12.7. The highest BCUT2D eigenvalue weighted by molar-refractivity contribution is 5.84. The van der Waals surface area contributed by atoms with Gasteiger partial charge in [0.25, 0.3) is 0 Å². The number of rotatable bonds is 5. The molecule has 2 N–H and O–H groups in total. The van der Waals surface area contributed by atoms with Crippen molar-refractivity contribution in [3.05, 3.63) is 29.8 Å². The van der Waals surface area contributed by atoms with Crippen LogP contribution < -0.4 is 10.5 Å². The molecule has 1 fully saturated rings. The smallest absolute Gasteiger partial charge is 0.230 e. The zero-order chi connectivity index (χ0) is 14.8. The van der Waals surface area contributed by atoms with Crippen LogP contribution in [0.5, 0.6) is 5.75 Å². The third-order valence-electron chi connectivity index (χ3n) is 4.65. The number of carbonyl (C=O) groups excluding carboxylic acids is 1. The van der Waals surface area contributed by atoms with Gasteiger partial charge in [0.2, 0.25) is 5.91 Å². The number of ether oxygens (including phenoxy) is 1. The zero-order valence-corrected chi connectivity index (χ0v) is 12.6. The summed E-state index contributed by atoms with van der Waals surface area (Å²) in [5.41, 5.74) is 6.53. The molecule has 0 bridgehead atoms. The van der Waals surface area contributed by atoms with E-state index in [0.29, 0.717) is 6.54 Å². The molecule has 1 atom stereocenters. The van der Waals surface area contributed by atoms with Gasteiger partial charge < -0.3 is 15.4 Å². The highest BCUT2D eigenvalue weighted by Gasteiger charge is 2.45. The van der Waals surface area contributed by atoms with Crippen molar-refractivity contribution in [3.63, 3.8) is 0 Å². The number of hydrogen-bond acceptors (Lipinski definition) is 3. The summed E-state index contributed by atoms with van der Waals surface area (Å²) in [5, 5.41) is 0. The average molecular weight is 276 g/mol. The molecule has 4 heteroatoms. The van der Waals surface area contributed by atoms with Gasteiger partial charge in [-0.3, -0.25) is 4.79 Å². The second-order valence-electron chi connectivity index (χ2n) is 5.67. The lowest BCUT2D eigenvalue weighted by Gasteiger charge is -2.43. The number of hydrogen-bond donors (Lipinski definition) is 1. The molecule has 0 saturated heterocycles. The maximum absolute atomic E-state index is 12.7. The van der Waals surface area contributed by atoms with Crippen molar-refractivity contribution >= 4 is 5.91 Å². The molecular formula is C16H24N2O2. The Labute approximate surface area is 120 Å². The molecule has 2 rings (SSSR count). The quantitative estimate of drug-likeness (QED) is 0.898. The van der Waals surface area contributed by atoms with E-state index in [4.69, 9.17) is 10.5 Å². The van der Waals surface area contributed by atoms with Gasteiger partial charge in [-0.05, 0) is 25.8 Å². The lowest BCUT2D eigenvalue weighted by molar-refractivity contribution is -0.147. The highest BCUT2D eigenvalue weighted by Crippen LogP contribution is 2.43. The van der Waals surface area contributed by atoms with Crippen molar-refractivity contribution in [2.75, 3.05) is 20.7 Å². The van der Waals surface area contributed by atoms with Crippen molar-refractivity contribution in [3.8, 4) is 5.75 Å². The van der Waals surface area contributed by atoms with Crippen LogP contribution >= 0.6 is 0 Å². The van der Waals surface area contributed by atoms with Gasteiger partial charge in [-0.1, -0.05) is 24.6 Å². The van der Waals surface area contributed by atoms with E-state index >= 15 is 0 Å². The fourth-order valence-electron chi connectivity index (χ4n) is 2.88. The fraction of sp³-hybridized carbons (Fsp3) is 0.562. The average Bonchev–Trinajstić information content (AvgIpc) is 2.45. The van der Waals surface area contributed by atoms with E-state index in [2.05, 4.69) is 0 Å². The third-order valence-corrected chi connectivity index (χ3v) is 4.65. The topological polar surface area (TPSA) is 55.6 Å². The molecule has 1 aromatic rings. The number of nitrogens with two attached hydrogens (primary N) is 1. The molecule has 20 heavy (non-hydrogen) atoms. The summed E-state index contributed by atoms with van der Waals surface area (Å²) in [5.74, 6) is 0.972. The Morgan fingerprint density at radius 3 is 2.60 bits per heavy atom. The molecule has 0 heterocycles. The summed E-state index contributed by atoms with van der Waals surface area (Å²) >= 11 is 0. The molecule has 1 aliphatic rings. The van der Waals surface area contributed by atoms with E-state index in [0.717, 1.165) is 30.6 Å². The Morgan fingerprint density at radius 2 is 2.10 bits per heavy atom. The summed E-state index contributed by atoms with van der Waals surface area (Å²) < 4.78 is 5.39. The van der Waals surface area contributed by atoms with E-state index in [1.54, 1.807) is 7.11 Å². The Bertz CT molecular complexity index is 478. The number of amides is 1.